The number of aromatic nitrogens is 4. The maximum Gasteiger partial charge on any atom is 0.126 e. The van der Waals surface area contributed by atoms with Gasteiger partial charge in [-0.25, -0.2) is 15.0 Å². The van der Waals surface area contributed by atoms with Gasteiger partial charge in [-0.05, 0) is 23.6 Å². The molecule has 0 atom stereocenters. The van der Waals surface area contributed by atoms with E-state index >= 15 is 0 Å². The molecule has 0 amide bonds. The third-order valence-corrected chi connectivity index (χ3v) is 5.01. The molecule has 4 heterocycles. The molecule has 0 aliphatic carbocycles. The van der Waals surface area contributed by atoms with Crippen molar-refractivity contribution in [2.75, 3.05) is 0 Å². The zero-order chi connectivity index (χ0) is 15.2. The summed E-state index contributed by atoms with van der Waals surface area (Å²) < 4.78 is 1.03. The van der Waals surface area contributed by atoms with Gasteiger partial charge in [0.15, 0.2) is 0 Å². The molecule has 4 aromatic heterocycles. The van der Waals surface area contributed by atoms with E-state index in [1.54, 1.807) is 23.9 Å². The summed E-state index contributed by atoms with van der Waals surface area (Å²) in [7, 11) is 0. The molecule has 0 aliphatic rings. The number of benzene rings is 1. The highest BCUT2D eigenvalue weighted by Gasteiger charge is 2.14. The van der Waals surface area contributed by atoms with E-state index in [-0.39, 0.29) is 0 Å². The highest BCUT2D eigenvalue weighted by molar-refractivity contribution is 7.25. The van der Waals surface area contributed by atoms with Gasteiger partial charge >= 0.3 is 0 Å². The third kappa shape index (κ3) is 1.90. The smallest absolute Gasteiger partial charge is 0.126 e. The van der Waals surface area contributed by atoms with Crippen molar-refractivity contribution < 1.29 is 0 Å². The highest BCUT2D eigenvalue weighted by atomic mass is 32.1. The Morgan fingerprint density at radius 2 is 1.74 bits per heavy atom. The van der Waals surface area contributed by atoms with Crippen molar-refractivity contribution >= 4 is 42.5 Å². The van der Waals surface area contributed by atoms with Gasteiger partial charge in [-0.3, -0.25) is 4.98 Å². The summed E-state index contributed by atoms with van der Waals surface area (Å²) in [5.41, 5.74) is 2.67. The van der Waals surface area contributed by atoms with Crippen LogP contribution >= 0.6 is 11.3 Å². The fourth-order valence-corrected chi connectivity index (χ4v) is 3.90. The standard InChI is InChI=1S/C18H10N4S/c1-2-5-12-9-20-14(8-11(12)4-1)16-17-15(21-10-22-16)13-6-3-7-19-18(13)23-17/h1-10H. The topological polar surface area (TPSA) is 51.6 Å². The number of hydrogen-bond donors (Lipinski definition) is 0. The second kappa shape index (κ2) is 4.79. The average Bonchev–Trinajstić information content (AvgIpc) is 3.00. The summed E-state index contributed by atoms with van der Waals surface area (Å²) in [4.78, 5) is 18.9. The lowest BCUT2D eigenvalue weighted by molar-refractivity contribution is 1.21. The van der Waals surface area contributed by atoms with Crippen LogP contribution < -0.4 is 0 Å². The van der Waals surface area contributed by atoms with Crippen molar-refractivity contribution in [3.05, 3.63) is 61.2 Å². The molecule has 0 unspecified atom stereocenters. The Morgan fingerprint density at radius 1 is 0.826 bits per heavy atom. The minimum atomic E-state index is 0.864. The Bertz CT molecular complexity index is 1180. The lowest BCUT2D eigenvalue weighted by atomic mass is 10.1. The SMILES string of the molecule is c1ccc2cc(-c3ncnc4c3sc3ncccc34)ncc2c1. The van der Waals surface area contributed by atoms with Crippen LogP contribution in [0.5, 0.6) is 0 Å². The molecule has 5 rings (SSSR count). The van der Waals surface area contributed by atoms with Crippen molar-refractivity contribution in [2.45, 2.75) is 0 Å². The van der Waals surface area contributed by atoms with Gasteiger partial charge in [-0.15, -0.1) is 11.3 Å². The molecule has 23 heavy (non-hydrogen) atoms. The number of pyridine rings is 2. The Hall–Kier alpha value is -2.92. The van der Waals surface area contributed by atoms with Gasteiger partial charge in [-0.1, -0.05) is 24.3 Å². The number of fused-ring (bicyclic) bond motifs is 4. The van der Waals surface area contributed by atoms with Crippen LogP contribution in [-0.4, -0.2) is 19.9 Å². The normalized spacial score (nSPS) is 11.5. The number of nitrogens with zero attached hydrogens (tertiary/aromatic N) is 4. The minimum Gasteiger partial charge on any atom is -0.254 e. The number of rotatable bonds is 1. The largest absolute Gasteiger partial charge is 0.254 e. The Labute approximate surface area is 135 Å². The van der Waals surface area contributed by atoms with Crippen molar-refractivity contribution in [1.29, 1.82) is 0 Å². The van der Waals surface area contributed by atoms with Crippen LogP contribution in [0.15, 0.2) is 61.2 Å². The molecule has 0 bridgehead atoms. The van der Waals surface area contributed by atoms with Crippen molar-refractivity contribution in [1.82, 2.24) is 19.9 Å². The summed E-state index contributed by atoms with van der Waals surface area (Å²) in [5, 5.41) is 3.35. The minimum absolute atomic E-state index is 0.864. The molecular weight excluding hydrogens is 304 g/mol. The van der Waals surface area contributed by atoms with Gasteiger partial charge in [-0.2, -0.15) is 0 Å². The molecule has 0 aliphatic heterocycles. The van der Waals surface area contributed by atoms with Gasteiger partial charge in [0.2, 0.25) is 0 Å². The van der Waals surface area contributed by atoms with E-state index in [4.69, 9.17) is 0 Å². The van der Waals surface area contributed by atoms with E-state index in [1.807, 2.05) is 30.5 Å². The molecule has 0 radical (unpaired) electrons. The van der Waals surface area contributed by atoms with Crippen LogP contribution in [0.4, 0.5) is 0 Å². The lowest BCUT2D eigenvalue weighted by Crippen LogP contribution is -1.89. The predicted molar refractivity (Wildman–Crippen MR) is 93.5 cm³/mol. The lowest BCUT2D eigenvalue weighted by Gasteiger charge is -2.03. The van der Waals surface area contributed by atoms with Crippen LogP contribution in [0.1, 0.15) is 0 Å². The van der Waals surface area contributed by atoms with E-state index in [0.717, 1.165) is 42.6 Å². The molecule has 0 fully saturated rings. The van der Waals surface area contributed by atoms with Crippen LogP contribution in [0, 0.1) is 0 Å². The van der Waals surface area contributed by atoms with E-state index < -0.39 is 0 Å². The molecule has 0 saturated heterocycles. The Balaban J connectivity index is 1.84. The second-order valence-corrected chi connectivity index (χ2v) is 6.27. The van der Waals surface area contributed by atoms with Gasteiger partial charge < -0.3 is 0 Å². The summed E-state index contributed by atoms with van der Waals surface area (Å²) in [6, 6.07) is 14.3. The van der Waals surface area contributed by atoms with E-state index in [1.165, 1.54) is 0 Å². The maximum atomic E-state index is 4.59. The average molecular weight is 314 g/mol. The van der Waals surface area contributed by atoms with Crippen molar-refractivity contribution in [3.8, 4) is 11.4 Å². The molecule has 1 aromatic carbocycles. The third-order valence-electron chi connectivity index (χ3n) is 3.90. The molecule has 0 saturated carbocycles. The summed E-state index contributed by atoms with van der Waals surface area (Å²) in [6.07, 6.45) is 5.30. The Kier molecular flexibility index (Phi) is 2.63. The van der Waals surface area contributed by atoms with Crippen LogP contribution in [0.3, 0.4) is 0 Å². The first-order valence-corrected chi connectivity index (χ1v) is 8.05. The molecular formula is C18H10N4S. The number of hydrogen-bond acceptors (Lipinski definition) is 5. The fraction of sp³-hybridized carbons (Fsp3) is 0. The molecule has 0 N–H and O–H groups in total. The Morgan fingerprint density at radius 3 is 2.70 bits per heavy atom. The maximum absolute atomic E-state index is 4.59. The van der Waals surface area contributed by atoms with Crippen molar-refractivity contribution in [2.24, 2.45) is 0 Å². The van der Waals surface area contributed by atoms with E-state index in [0.29, 0.717) is 0 Å². The second-order valence-electron chi connectivity index (χ2n) is 5.27. The van der Waals surface area contributed by atoms with Gasteiger partial charge in [0, 0.05) is 23.2 Å². The highest BCUT2D eigenvalue weighted by Crippen LogP contribution is 2.36. The summed E-state index contributed by atoms with van der Waals surface area (Å²) in [5.74, 6) is 0. The summed E-state index contributed by atoms with van der Waals surface area (Å²) >= 11 is 1.61. The van der Waals surface area contributed by atoms with E-state index in [9.17, 15) is 0 Å². The molecule has 4 nitrogen and oxygen atoms in total. The first-order valence-electron chi connectivity index (χ1n) is 7.23. The first kappa shape index (κ1) is 12.6. The summed E-state index contributed by atoms with van der Waals surface area (Å²) in [6.45, 7) is 0. The zero-order valence-electron chi connectivity index (χ0n) is 12.0. The monoisotopic (exact) mass is 314 g/mol. The zero-order valence-corrected chi connectivity index (χ0v) is 12.8. The number of thiophene rings is 1. The van der Waals surface area contributed by atoms with Crippen LogP contribution in [0.25, 0.3) is 42.6 Å². The fourth-order valence-electron chi connectivity index (χ4n) is 2.81. The van der Waals surface area contributed by atoms with Gasteiger partial charge in [0.05, 0.1) is 15.9 Å². The molecule has 5 aromatic rings. The molecule has 108 valence electrons. The van der Waals surface area contributed by atoms with E-state index in [2.05, 4.69) is 38.1 Å². The first-order chi connectivity index (χ1) is 11.4. The van der Waals surface area contributed by atoms with Gasteiger partial charge in [0.1, 0.15) is 16.9 Å². The molecule has 5 heteroatoms. The van der Waals surface area contributed by atoms with Crippen LogP contribution in [-0.2, 0) is 0 Å². The predicted octanol–water partition coefficient (Wildman–Crippen LogP) is 4.45. The van der Waals surface area contributed by atoms with Crippen LogP contribution in [0.2, 0.25) is 0 Å². The van der Waals surface area contributed by atoms with Crippen molar-refractivity contribution in [3.63, 3.8) is 0 Å². The molecule has 0 spiro atoms. The van der Waals surface area contributed by atoms with Gasteiger partial charge in [0.25, 0.3) is 0 Å². The quantitative estimate of drug-likeness (QED) is 0.458.